The maximum atomic E-state index is 15.1. The Labute approximate surface area is 378 Å². The number of rotatable bonds is 12. The molecular weight excluding hydrogens is 897 g/mol. The van der Waals surface area contributed by atoms with Gasteiger partial charge >= 0.3 is 0 Å². The minimum absolute atomic E-state index is 0.0623. The van der Waals surface area contributed by atoms with E-state index in [-0.39, 0.29) is 82.8 Å². The number of hydrogen-bond acceptors (Lipinski definition) is 18. The molecule has 2 aromatic heterocycles. The number of benzene rings is 4. The summed E-state index contributed by atoms with van der Waals surface area (Å²) >= 11 is 11.5. The number of phenols is 1. The molecule has 4 aromatic carbocycles. The van der Waals surface area contributed by atoms with Crippen LogP contribution in [0, 0.1) is 18.6 Å². The zero-order valence-electron chi connectivity index (χ0n) is 33.9. The molecule has 0 unspecified atom stereocenters. The molecule has 2 aliphatic heterocycles. The molecular formula is C43H36Cl2F2N8O10. The van der Waals surface area contributed by atoms with E-state index < -0.39 is 25.1 Å². The second-order valence-electron chi connectivity index (χ2n) is 12.5. The quantitative estimate of drug-likeness (QED) is 0.0995. The molecule has 22 heteroatoms. The monoisotopic (exact) mass is 932 g/mol. The number of aryl methyl sites for hydroxylation is 1. The van der Waals surface area contributed by atoms with Crippen molar-refractivity contribution in [3.8, 4) is 40.6 Å². The molecule has 0 fully saturated rings. The van der Waals surface area contributed by atoms with Crippen molar-refractivity contribution >= 4 is 46.4 Å². The first kappa shape index (κ1) is 47.0. The van der Waals surface area contributed by atoms with Crippen molar-refractivity contribution in [3.05, 3.63) is 148 Å². The van der Waals surface area contributed by atoms with Crippen LogP contribution >= 0.6 is 23.2 Å². The van der Waals surface area contributed by atoms with E-state index >= 15 is 4.39 Å². The molecule has 336 valence electrons. The number of aromatic nitrogens is 4. The normalized spacial score (nSPS) is 13.3. The summed E-state index contributed by atoms with van der Waals surface area (Å²) in [7, 11) is 0. The Bertz CT molecular complexity index is 2680. The van der Waals surface area contributed by atoms with Gasteiger partial charge in [0.15, 0.2) is 13.2 Å². The summed E-state index contributed by atoms with van der Waals surface area (Å²) in [5.74, 6) is -1.59. The zero-order valence-corrected chi connectivity index (χ0v) is 35.4. The number of aliphatic hydroxyl groups excluding tert-OH is 2. The van der Waals surface area contributed by atoms with Gasteiger partial charge < -0.3 is 48.7 Å². The Morgan fingerprint density at radius 2 is 1.02 bits per heavy atom. The topological polar surface area (TPSA) is 226 Å². The van der Waals surface area contributed by atoms with Gasteiger partial charge in [-0.2, -0.15) is 23.7 Å². The fourth-order valence-corrected chi connectivity index (χ4v) is 5.61. The van der Waals surface area contributed by atoms with Crippen LogP contribution in [0.4, 0.5) is 8.78 Å². The molecule has 8 rings (SSSR count). The molecule has 18 nitrogen and oxygen atoms in total. The van der Waals surface area contributed by atoms with E-state index in [1.54, 1.807) is 97.1 Å². The van der Waals surface area contributed by atoms with Crippen molar-refractivity contribution in [3.63, 3.8) is 0 Å². The Morgan fingerprint density at radius 1 is 0.585 bits per heavy atom. The van der Waals surface area contributed by atoms with Crippen LogP contribution < -0.4 is 14.2 Å². The third-order valence-corrected chi connectivity index (χ3v) is 8.87. The molecule has 2 aliphatic rings. The summed E-state index contributed by atoms with van der Waals surface area (Å²) < 4.78 is 56.9. The molecule has 0 aliphatic carbocycles. The predicted molar refractivity (Wildman–Crippen MR) is 232 cm³/mol. The second kappa shape index (κ2) is 23.8. The number of para-hydroxylation sites is 4. The lowest BCUT2D eigenvalue weighted by molar-refractivity contribution is 0.0675. The highest BCUT2D eigenvalue weighted by Gasteiger charge is 2.25. The van der Waals surface area contributed by atoms with Crippen LogP contribution in [0.2, 0.25) is 10.0 Å². The van der Waals surface area contributed by atoms with E-state index in [1.165, 1.54) is 13.3 Å². The summed E-state index contributed by atoms with van der Waals surface area (Å²) in [5.41, 5.74) is 1.38. The Morgan fingerprint density at radius 3 is 1.46 bits per heavy atom. The van der Waals surface area contributed by atoms with Gasteiger partial charge in [-0.25, -0.2) is 4.98 Å². The van der Waals surface area contributed by atoms with E-state index in [0.717, 1.165) is 6.33 Å². The molecule has 0 saturated carbocycles. The van der Waals surface area contributed by atoms with Gasteiger partial charge in [0, 0.05) is 11.1 Å². The van der Waals surface area contributed by atoms with Gasteiger partial charge in [0.05, 0.1) is 15.7 Å². The van der Waals surface area contributed by atoms with Gasteiger partial charge in [-0.3, -0.25) is 9.98 Å². The van der Waals surface area contributed by atoms with Gasteiger partial charge in [-0.1, -0.05) is 71.7 Å². The molecule has 4 heterocycles. The van der Waals surface area contributed by atoms with E-state index in [9.17, 15) is 14.6 Å². The molecule has 0 bridgehead atoms. The highest BCUT2D eigenvalue weighted by Crippen LogP contribution is 2.34. The fourth-order valence-electron chi connectivity index (χ4n) is 5.30. The lowest BCUT2D eigenvalue weighted by Crippen LogP contribution is -2.26. The van der Waals surface area contributed by atoms with Crippen LogP contribution in [-0.2, 0) is 19.1 Å². The minimum Gasteiger partial charge on any atom is -0.506 e. The zero-order chi connectivity index (χ0) is 46.0. The SMILES string of the molecule is Cc1ncnc(Oc2ccccc2C(=NCO)C2=NOCCO2)c1F.OCN=C(C1=NOCCO1)c1ccccc1Oc1ncnc(Oc2ccccc2Cl)c1F.Oc1ccccc1Cl. The number of nitrogens with zero attached hydrogens (tertiary/aromatic N) is 8. The number of hydrogen-bond donors (Lipinski definition) is 3. The number of aromatic hydroxyl groups is 1. The molecule has 0 spiro atoms. The number of halogens is 4. The van der Waals surface area contributed by atoms with Crippen molar-refractivity contribution < 1.29 is 57.5 Å². The summed E-state index contributed by atoms with van der Waals surface area (Å²) in [5, 5.41) is 35.7. The van der Waals surface area contributed by atoms with E-state index in [1.807, 2.05) is 0 Å². The third-order valence-electron chi connectivity index (χ3n) is 8.24. The van der Waals surface area contributed by atoms with E-state index in [4.69, 9.17) is 61.7 Å². The largest absolute Gasteiger partial charge is 0.506 e. The fraction of sp³-hybridized carbons (Fsp3) is 0.163. The molecule has 6 aromatic rings. The average molecular weight is 934 g/mol. The lowest BCUT2D eigenvalue weighted by Gasteiger charge is -2.17. The van der Waals surface area contributed by atoms with Gasteiger partial charge in [-0.05, 0) is 65.8 Å². The first-order valence-corrected chi connectivity index (χ1v) is 19.8. The maximum absolute atomic E-state index is 15.1. The van der Waals surface area contributed by atoms with Gasteiger partial charge in [-0.15, -0.1) is 0 Å². The van der Waals surface area contributed by atoms with Gasteiger partial charge in [0.25, 0.3) is 29.4 Å². The maximum Gasteiger partial charge on any atom is 0.276 e. The van der Waals surface area contributed by atoms with Crippen molar-refractivity contribution in [2.45, 2.75) is 6.92 Å². The van der Waals surface area contributed by atoms with E-state index in [0.29, 0.717) is 34.4 Å². The average Bonchev–Trinajstić information content (AvgIpc) is 3.33. The standard InChI is InChI=1S/C21H16ClFN4O5.C16H15FN4O4.C6H5ClO/c22-14-6-2-4-8-16(14)32-20-17(23)19(24-11-25-20)31-15-7-3-1-5-13(15)18(26-12-28)21-27-30-10-9-29-21;1-10-13(17)15(19-8-18-10)25-12-5-3-2-4-11(12)14(20-9-22)16-21-24-7-6-23-16;7-5-3-1-2-4-6(5)8/h1-8,11,28H,9-10,12H2;2-5,8,22H,6-7,9H2,1H3;1-4,8H. The summed E-state index contributed by atoms with van der Waals surface area (Å²) in [6, 6.07) is 26.6. The minimum atomic E-state index is -0.933. The van der Waals surface area contributed by atoms with Crippen LogP contribution in [0.3, 0.4) is 0 Å². The van der Waals surface area contributed by atoms with Crippen LogP contribution in [0.15, 0.2) is 130 Å². The van der Waals surface area contributed by atoms with Crippen molar-refractivity contribution in [2.75, 3.05) is 39.9 Å². The summed E-state index contributed by atoms with van der Waals surface area (Å²) in [4.78, 5) is 33.3. The molecule has 0 atom stereocenters. The number of phenolic OH excluding ortho intramolecular Hbond substituents is 1. The van der Waals surface area contributed by atoms with Gasteiger partial charge in [0.1, 0.15) is 73.8 Å². The lowest BCUT2D eigenvalue weighted by atomic mass is 10.1. The first-order chi connectivity index (χ1) is 31.7. The van der Waals surface area contributed by atoms with Crippen LogP contribution in [0.1, 0.15) is 16.8 Å². The number of oxime groups is 2. The van der Waals surface area contributed by atoms with Crippen molar-refractivity contribution in [1.29, 1.82) is 0 Å². The van der Waals surface area contributed by atoms with Crippen LogP contribution in [0.25, 0.3) is 0 Å². The van der Waals surface area contributed by atoms with Crippen molar-refractivity contribution in [2.24, 2.45) is 20.3 Å². The Hall–Kier alpha value is -7.52. The second-order valence-corrected chi connectivity index (χ2v) is 13.3. The first-order valence-electron chi connectivity index (χ1n) is 19.0. The smallest absolute Gasteiger partial charge is 0.276 e. The number of aliphatic imine (C=N–C) groups is 2. The third kappa shape index (κ3) is 12.8. The Kier molecular flexibility index (Phi) is 17.2. The predicted octanol–water partition coefficient (Wildman–Crippen LogP) is 7.81. The van der Waals surface area contributed by atoms with E-state index in [2.05, 4.69) is 40.2 Å². The number of aliphatic hydroxyl groups is 2. The summed E-state index contributed by atoms with van der Waals surface area (Å²) in [6.45, 7) is 1.64. The number of ether oxygens (including phenoxy) is 5. The molecule has 0 radical (unpaired) electrons. The summed E-state index contributed by atoms with van der Waals surface area (Å²) in [6.07, 6.45) is 2.30. The van der Waals surface area contributed by atoms with Crippen LogP contribution in [0.5, 0.6) is 40.6 Å². The highest BCUT2D eigenvalue weighted by atomic mass is 35.5. The molecule has 3 N–H and O–H groups in total. The van der Waals surface area contributed by atoms with Crippen LogP contribution in [-0.4, -0.2) is 98.4 Å². The van der Waals surface area contributed by atoms with Gasteiger partial charge in [0.2, 0.25) is 11.6 Å². The molecule has 0 amide bonds. The molecule has 65 heavy (non-hydrogen) atoms. The highest BCUT2D eigenvalue weighted by molar-refractivity contribution is 6.46. The Balaban J connectivity index is 0.000000188. The van der Waals surface area contributed by atoms with Crippen molar-refractivity contribution in [1.82, 2.24) is 19.9 Å². The molecule has 0 saturated heterocycles.